The van der Waals surface area contributed by atoms with Crippen molar-refractivity contribution in [3.8, 4) is 22.8 Å². The quantitative estimate of drug-likeness (QED) is 0.420. The van der Waals surface area contributed by atoms with Gasteiger partial charge in [-0.1, -0.05) is 18.2 Å². The van der Waals surface area contributed by atoms with E-state index >= 15 is 0 Å². The second-order valence-corrected chi connectivity index (χ2v) is 9.04. The van der Waals surface area contributed by atoms with Crippen LogP contribution in [0.3, 0.4) is 0 Å². The lowest BCUT2D eigenvalue weighted by atomic mass is 10.1. The Hall–Kier alpha value is -3.65. The number of nitrogens with zero attached hydrogens (tertiary/aromatic N) is 5. The number of piperidine rings is 1. The van der Waals surface area contributed by atoms with E-state index in [1.807, 2.05) is 59.3 Å². The number of carbonyl (C=O) groups excluding carboxylic acids is 1. The number of rotatable bonds is 5. The van der Waals surface area contributed by atoms with Crippen molar-refractivity contribution in [2.75, 3.05) is 18.8 Å². The molecule has 9 heteroatoms. The number of fused-ring (bicyclic) bond motifs is 1. The monoisotopic (exact) mass is 476 g/mol. The summed E-state index contributed by atoms with van der Waals surface area (Å²) in [7, 11) is 0. The summed E-state index contributed by atoms with van der Waals surface area (Å²) in [4.78, 5) is 23.0. The number of hydrogen-bond acceptors (Lipinski definition) is 6. The zero-order chi connectivity index (χ0) is 23.7. The lowest BCUT2D eigenvalue weighted by Crippen LogP contribution is -2.43. The molecular weight excluding hydrogens is 452 g/mol. The molecule has 0 spiro atoms. The Bertz CT molecular complexity index is 1310. The molecule has 0 bridgehead atoms. The van der Waals surface area contributed by atoms with Crippen molar-refractivity contribution in [1.29, 1.82) is 0 Å². The Morgan fingerprint density at radius 1 is 1.12 bits per heavy atom. The molecule has 2 unspecified atom stereocenters. The van der Waals surface area contributed by atoms with Gasteiger partial charge >= 0.3 is 0 Å². The Kier molecular flexibility index (Phi) is 6.06. The number of aromatic nitrogens is 4. The number of nitrogens with two attached hydrogens (primary N) is 1. The molecular formula is C25H25ClN6O2. The van der Waals surface area contributed by atoms with Gasteiger partial charge in [-0.2, -0.15) is 5.10 Å². The van der Waals surface area contributed by atoms with Gasteiger partial charge in [0.2, 0.25) is 5.91 Å². The van der Waals surface area contributed by atoms with Crippen LogP contribution in [0.15, 0.2) is 60.9 Å². The lowest BCUT2D eigenvalue weighted by Gasteiger charge is -2.33. The highest BCUT2D eigenvalue weighted by molar-refractivity contribution is 6.30. The van der Waals surface area contributed by atoms with E-state index < -0.39 is 5.38 Å². The minimum absolute atomic E-state index is 0.0284. The Labute approximate surface area is 202 Å². The highest BCUT2D eigenvalue weighted by atomic mass is 35.5. The zero-order valence-corrected chi connectivity index (χ0v) is 19.5. The van der Waals surface area contributed by atoms with Crippen LogP contribution in [0.2, 0.25) is 0 Å². The molecule has 1 aliphatic heterocycles. The molecule has 2 aromatic carbocycles. The predicted molar refractivity (Wildman–Crippen MR) is 132 cm³/mol. The first-order valence-electron chi connectivity index (χ1n) is 11.3. The van der Waals surface area contributed by atoms with Crippen LogP contribution >= 0.6 is 11.6 Å². The number of benzene rings is 2. The molecule has 0 aliphatic carbocycles. The van der Waals surface area contributed by atoms with Crippen molar-refractivity contribution >= 4 is 34.4 Å². The van der Waals surface area contributed by atoms with Crippen LogP contribution in [-0.4, -0.2) is 49.0 Å². The largest absolute Gasteiger partial charge is 0.457 e. The number of hydrogen-bond donors (Lipinski definition) is 1. The molecule has 0 radical (unpaired) electrons. The Morgan fingerprint density at radius 3 is 2.59 bits per heavy atom. The van der Waals surface area contributed by atoms with Gasteiger partial charge in [-0.15, -0.1) is 11.6 Å². The number of para-hydroxylation sites is 1. The van der Waals surface area contributed by atoms with Crippen molar-refractivity contribution in [2.24, 2.45) is 0 Å². The standard InChI is InChI=1S/C25H25ClN6O2/c1-16(26)25(33)31-13-5-6-18(14-31)32-24-21(23(27)28-15-29-24)22(30-32)17-9-11-20(12-10-17)34-19-7-3-2-4-8-19/h2-4,7-12,15-16,18H,5-6,13-14H2,1H3,(H2,27,28,29). The molecule has 2 aromatic heterocycles. The summed E-state index contributed by atoms with van der Waals surface area (Å²) < 4.78 is 7.80. The van der Waals surface area contributed by atoms with Crippen molar-refractivity contribution in [1.82, 2.24) is 24.6 Å². The van der Waals surface area contributed by atoms with E-state index in [-0.39, 0.29) is 11.9 Å². The molecule has 1 fully saturated rings. The molecule has 5 rings (SSSR count). The fourth-order valence-corrected chi connectivity index (χ4v) is 4.50. The van der Waals surface area contributed by atoms with Gasteiger partial charge in [-0.3, -0.25) is 4.79 Å². The molecule has 4 aromatic rings. The van der Waals surface area contributed by atoms with E-state index in [2.05, 4.69) is 9.97 Å². The first-order valence-corrected chi connectivity index (χ1v) is 11.7. The number of carbonyl (C=O) groups is 1. The van der Waals surface area contributed by atoms with Gasteiger partial charge in [0.1, 0.15) is 34.7 Å². The molecule has 1 amide bonds. The fourth-order valence-electron chi connectivity index (χ4n) is 4.36. The average Bonchev–Trinajstić information content (AvgIpc) is 3.26. The maximum Gasteiger partial charge on any atom is 0.240 e. The highest BCUT2D eigenvalue weighted by Gasteiger charge is 2.30. The minimum Gasteiger partial charge on any atom is -0.457 e. The number of likely N-dealkylation sites (tertiary alicyclic amines) is 1. The molecule has 1 saturated heterocycles. The minimum atomic E-state index is -0.557. The maximum atomic E-state index is 12.5. The highest BCUT2D eigenvalue weighted by Crippen LogP contribution is 2.35. The van der Waals surface area contributed by atoms with Gasteiger partial charge in [0, 0.05) is 18.7 Å². The van der Waals surface area contributed by atoms with Gasteiger partial charge < -0.3 is 15.4 Å². The summed E-state index contributed by atoms with van der Waals surface area (Å²) in [5.41, 5.74) is 8.51. The Morgan fingerprint density at radius 2 is 1.85 bits per heavy atom. The number of halogens is 1. The van der Waals surface area contributed by atoms with Crippen LogP contribution in [0.25, 0.3) is 22.3 Å². The van der Waals surface area contributed by atoms with Crippen LogP contribution in [0, 0.1) is 0 Å². The maximum absolute atomic E-state index is 12.5. The van der Waals surface area contributed by atoms with Gasteiger partial charge in [-0.05, 0) is 56.2 Å². The van der Waals surface area contributed by atoms with Crippen LogP contribution < -0.4 is 10.5 Å². The van der Waals surface area contributed by atoms with Gasteiger partial charge in [0.25, 0.3) is 0 Å². The molecule has 174 valence electrons. The van der Waals surface area contributed by atoms with Crippen molar-refractivity contribution in [2.45, 2.75) is 31.2 Å². The van der Waals surface area contributed by atoms with Gasteiger partial charge in [0.15, 0.2) is 5.65 Å². The third-order valence-corrected chi connectivity index (χ3v) is 6.21. The topological polar surface area (TPSA) is 99.2 Å². The van der Waals surface area contributed by atoms with Crippen LogP contribution in [0.5, 0.6) is 11.5 Å². The third-order valence-electron chi connectivity index (χ3n) is 6.02. The molecule has 2 atom stereocenters. The zero-order valence-electron chi connectivity index (χ0n) is 18.8. The molecule has 8 nitrogen and oxygen atoms in total. The van der Waals surface area contributed by atoms with Crippen LogP contribution in [0.4, 0.5) is 5.82 Å². The molecule has 3 heterocycles. The third kappa shape index (κ3) is 4.28. The SMILES string of the molecule is CC(Cl)C(=O)N1CCCC(n2nc(-c3ccc(Oc4ccccc4)cc3)c3c(N)ncnc32)C1. The Balaban J connectivity index is 1.49. The van der Waals surface area contributed by atoms with E-state index in [0.29, 0.717) is 35.6 Å². The van der Waals surface area contributed by atoms with Crippen molar-refractivity contribution in [3.05, 3.63) is 60.9 Å². The van der Waals surface area contributed by atoms with Crippen LogP contribution in [0.1, 0.15) is 25.8 Å². The first-order chi connectivity index (χ1) is 16.5. The second kappa shape index (κ2) is 9.30. The summed E-state index contributed by atoms with van der Waals surface area (Å²) in [5.74, 6) is 1.80. The molecule has 34 heavy (non-hydrogen) atoms. The average molecular weight is 477 g/mol. The lowest BCUT2D eigenvalue weighted by molar-refractivity contribution is -0.132. The smallest absolute Gasteiger partial charge is 0.240 e. The molecule has 0 saturated carbocycles. The van der Waals surface area contributed by atoms with E-state index in [0.717, 1.165) is 29.9 Å². The second-order valence-electron chi connectivity index (χ2n) is 8.39. The summed E-state index contributed by atoms with van der Waals surface area (Å²) in [5, 5.41) is 5.06. The van der Waals surface area contributed by atoms with E-state index in [1.54, 1.807) is 11.8 Å². The summed E-state index contributed by atoms with van der Waals surface area (Å²) in [6, 6.07) is 17.3. The van der Waals surface area contributed by atoms with Crippen molar-refractivity contribution in [3.63, 3.8) is 0 Å². The van der Waals surface area contributed by atoms with E-state index in [4.69, 9.17) is 27.2 Å². The number of amides is 1. The number of nitrogen functional groups attached to an aromatic ring is 1. The first kappa shape index (κ1) is 22.2. The van der Waals surface area contributed by atoms with Crippen LogP contribution in [-0.2, 0) is 4.79 Å². The number of ether oxygens (including phenoxy) is 1. The summed E-state index contributed by atoms with van der Waals surface area (Å²) >= 11 is 6.06. The molecule has 2 N–H and O–H groups in total. The normalized spacial score (nSPS) is 17.0. The van der Waals surface area contributed by atoms with Crippen molar-refractivity contribution < 1.29 is 9.53 Å². The van der Waals surface area contributed by atoms with Gasteiger partial charge in [0.05, 0.1) is 11.4 Å². The van der Waals surface area contributed by atoms with E-state index in [9.17, 15) is 4.79 Å². The molecule has 1 aliphatic rings. The summed E-state index contributed by atoms with van der Waals surface area (Å²) in [6.07, 6.45) is 3.19. The summed E-state index contributed by atoms with van der Waals surface area (Å²) in [6.45, 7) is 2.92. The predicted octanol–water partition coefficient (Wildman–Crippen LogP) is 4.66. The number of anilines is 1. The number of alkyl halides is 1. The van der Waals surface area contributed by atoms with Gasteiger partial charge in [-0.25, -0.2) is 14.6 Å². The van der Waals surface area contributed by atoms with E-state index in [1.165, 1.54) is 6.33 Å². The fraction of sp³-hybridized carbons (Fsp3) is 0.280.